The number of benzene rings is 1. The second-order valence-corrected chi connectivity index (χ2v) is 6.86. The Kier molecular flexibility index (Phi) is 4.94. The highest BCUT2D eigenvalue weighted by atomic mass is 32.1. The monoisotopic (exact) mass is 359 g/mol. The first-order chi connectivity index (χ1) is 12.0. The minimum Gasteiger partial charge on any atom is -0.337 e. The van der Waals surface area contributed by atoms with Gasteiger partial charge in [-0.15, -0.1) is 11.3 Å². The lowest BCUT2D eigenvalue weighted by molar-refractivity contribution is -0.139. The van der Waals surface area contributed by atoms with E-state index in [1.807, 2.05) is 17.5 Å². The van der Waals surface area contributed by atoms with E-state index in [-0.39, 0.29) is 30.2 Å². The molecule has 0 aliphatic carbocycles. The summed E-state index contributed by atoms with van der Waals surface area (Å²) >= 11 is 1.56. The Hall–Kier alpha value is -2.54. The first-order valence-electron chi connectivity index (χ1n) is 7.86. The standard InChI is InChI=1S/C18H18FN3O2S/c1-12(23)21(2)11-18(24)22-16(13-5-7-14(19)8-6-13)10-15(20-22)17-4-3-9-25-17/h3-9,16H,10-11H2,1-2H3/t16-/m1/s1. The lowest BCUT2D eigenvalue weighted by Crippen LogP contribution is -2.38. The molecule has 0 fully saturated rings. The molecule has 0 spiro atoms. The third-order valence-corrected chi connectivity index (χ3v) is 5.06. The Bertz CT molecular complexity index is 802. The average molecular weight is 359 g/mol. The maximum Gasteiger partial charge on any atom is 0.262 e. The van der Waals surface area contributed by atoms with Crippen molar-refractivity contribution in [3.63, 3.8) is 0 Å². The molecule has 2 amide bonds. The Morgan fingerprint density at radius 1 is 1.32 bits per heavy atom. The number of carbonyl (C=O) groups excluding carboxylic acids is 2. The molecule has 3 rings (SSSR count). The van der Waals surface area contributed by atoms with Gasteiger partial charge in [-0.3, -0.25) is 9.59 Å². The van der Waals surface area contributed by atoms with Gasteiger partial charge in [0.25, 0.3) is 5.91 Å². The largest absolute Gasteiger partial charge is 0.337 e. The van der Waals surface area contributed by atoms with Crippen LogP contribution in [0.5, 0.6) is 0 Å². The maximum absolute atomic E-state index is 13.2. The quantitative estimate of drug-likeness (QED) is 0.842. The van der Waals surface area contributed by atoms with Gasteiger partial charge >= 0.3 is 0 Å². The van der Waals surface area contributed by atoms with Crippen LogP contribution in [0.4, 0.5) is 4.39 Å². The zero-order valence-corrected chi connectivity index (χ0v) is 14.8. The smallest absolute Gasteiger partial charge is 0.262 e. The van der Waals surface area contributed by atoms with Crippen molar-refractivity contribution in [1.82, 2.24) is 9.91 Å². The number of rotatable bonds is 4. The van der Waals surface area contributed by atoms with Crippen LogP contribution in [0.3, 0.4) is 0 Å². The lowest BCUT2D eigenvalue weighted by Gasteiger charge is -2.24. The van der Waals surface area contributed by atoms with Crippen molar-refractivity contribution in [2.45, 2.75) is 19.4 Å². The summed E-state index contributed by atoms with van der Waals surface area (Å²) in [6.45, 7) is 1.36. The van der Waals surface area contributed by atoms with Crippen LogP contribution in [-0.2, 0) is 9.59 Å². The van der Waals surface area contributed by atoms with E-state index in [9.17, 15) is 14.0 Å². The van der Waals surface area contributed by atoms with Gasteiger partial charge < -0.3 is 4.90 Å². The first kappa shape index (κ1) is 17.3. The molecule has 1 atom stereocenters. The van der Waals surface area contributed by atoms with Gasteiger partial charge in [0.2, 0.25) is 5.91 Å². The summed E-state index contributed by atoms with van der Waals surface area (Å²) in [6.07, 6.45) is 0.557. The number of nitrogens with zero attached hydrogens (tertiary/aromatic N) is 3. The highest BCUT2D eigenvalue weighted by molar-refractivity contribution is 7.12. The molecule has 2 aromatic rings. The summed E-state index contributed by atoms with van der Waals surface area (Å²) in [7, 11) is 1.58. The molecule has 0 saturated heterocycles. The van der Waals surface area contributed by atoms with Crippen LogP contribution in [0, 0.1) is 5.82 Å². The van der Waals surface area contributed by atoms with Crippen LogP contribution in [0.25, 0.3) is 0 Å². The second kappa shape index (κ2) is 7.14. The number of likely N-dealkylation sites (N-methyl/N-ethyl adjacent to an activating group) is 1. The minimum absolute atomic E-state index is 0.0474. The highest BCUT2D eigenvalue weighted by Gasteiger charge is 2.33. The summed E-state index contributed by atoms with van der Waals surface area (Å²) in [5, 5.41) is 7.88. The Balaban J connectivity index is 1.89. The Morgan fingerprint density at radius 2 is 2.04 bits per heavy atom. The zero-order chi connectivity index (χ0) is 18.0. The molecule has 1 aromatic heterocycles. The van der Waals surface area contributed by atoms with Gasteiger partial charge in [-0.05, 0) is 29.1 Å². The summed E-state index contributed by atoms with van der Waals surface area (Å²) in [6, 6.07) is 9.69. The van der Waals surface area contributed by atoms with Gasteiger partial charge in [0.05, 0.1) is 16.6 Å². The van der Waals surface area contributed by atoms with Crippen molar-refractivity contribution < 1.29 is 14.0 Å². The number of halogens is 1. The molecule has 0 radical (unpaired) electrons. The Labute approximate surface area is 149 Å². The molecule has 1 aliphatic rings. The van der Waals surface area contributed by atoms with Crippen molar-refractivity contribution in [3.8, 4) is 0 Å². The van der Waals surface area contributed by atoms with E-state index in [1.54, 1.807) is 30.5 Å². The van der Waals surface area contributed by atoms with Gasteiger partial charge in [-0.2, -0.15) is 5.10 Å². The molecule has 0 saturated carbocycles. The summed E-state index contributed by atoms with van der Waals surface area (Å²) in [4.78, 5) is 26.4. The lowest BCUT2D eigenvalue weighted by atomic mass is 10.0. The van der Waals surface area contributed by atoms with Gasteiger partial charge in [-0.1, -0.05) is 18.2 Å². The SMILES string of the molecule is CC(=O)N(C)CC(=O)N1N=C(c2cccs2)C[C@@H]1c1ccc(F)cc1. The normalized spacial score (nSPS) is 16.7. The summed E-state index contributed by atoms with van der Waals surface area (Å²) < 4.78 is 13.2. The fourth-order valence-corrected chi connectivity index (χ4v) is 3.38. The van der Waals surface area contributed by atoms with Crippen molar-refractivity contribution in [2.24, 2.45) is 5.10 Å². The van der Waals surface area contributed by atoms with Gasteiger partial charge in [0.1, 0.15) is 12.4 Å². The minimum atomic E-state index is -0.324. The highest BCUT2D eigenvalue weighted by Crippen LogP contribution is 2.33. The third kappa shape index (κ3) is 3.76. The molecule has 25 heavy (non-hydrogen) atoms. The van der Waals surface area contributed by atoms with Crippen LogP contribution in [0.2, 0.25) is 0 Å². The van der Waals surface area contributed by atoms with Gasteiger partial charge in [0.15, 0.2) is 0 Å². The van der Waals surface area contributed by atoms with Crippen LogP contribution in [0.1, 0.15) is 29.8 Å². The molecule has 1 aromatic carbocycles. The molecule has 5 nitrogen and oxygen atoms in total. The molecular weight excluding hydrogens is 341 g/mol. The van der Waals surface area contributed by atoms with E-state index in [2.05, 4.69) is 5.10 Å². The van der Waals surface area contributed by atoms with Crippen molar-refractivity contribution >= 4 is 28.9 Å². The zero-order valence-electron chi connectivity index (χ0n) is 14.0. The number of amides is 2. The number of hydrazone groups is 1. The Morgan fingerprint density at radius 3 is 2.64 bits per heavy atom. The molecule has 0 bridgehead atoms. The predicted octanol–water partition coefficient (Wildman–Crippen LogP) is 3.04. The molecule has 130 valence electrons. The molecule has 7 heteroatoms. The average Bonchev–Trinajstić information content (AvgIpc) is 3.24. The van der Waals surface area contributed by atoms with Gasteiger partial charge in [-0.25, -0.2) is 9.40 Å². The molecular formula is C18H18FN3O2S. The molecule has 1 aliphatic heterocycles. The van der Waals surface area contributed by atoms with Crippen molar-refractivity contribution in [1.29, 1.82) is 0 Å². The van der Waals surface area contributed by atoms with E-state index in [0.29, 0.717) is 6.42 Å². The topological polar surface area (TPSA) is 53.0 Å². The fourth-order valence-electron chi connectivity index (χ4n) is 2.66. The van der Waals surface area contributed by atoms with Crippen LogP contribution < -0.4 is 0 Å². The van der Waals surface area contributed by atoms with Crippen LogP contribution in [-0.4, -0.2) is 41.0 Å². The molecule has 2 heterocycles. The number of carbonyl (C=O) groups is 2. The first-order valence-corrected chi connectivity index (χ1v) is 8.74. The molecule has 0 N–H and O–H groups in total. The van der Waals surface area contributed by atoms with E-state index < -0.39 is 0 Å². The van der Waals surface area contributed by atoms with Crippen molar-refractivity contribution in [2.75, 3.05) is 13.6 Å². The predicted molar refractivity (Wildman–Crippen MR) is 94.8 cm³/mol. The fraction of sp³-hybridized carbons (Fsp3) is 0.278. The van der Waals surface area contributed by atoms with Crippen LogP contribution >= 0.6 is 11.3 Å². The summed E-state index contributed by atoms with van der Waals surface area (Å²) in [5.41, 5.74) is 1.64. The maximum atomic E-state index is 13.2. The molecule has 0 unspecified atom stereocenters. The van der Waals surface area contributed by atoms with E-state index in [1.165, 1.54) is 29.0 Å². The van der Waals surface area contributed by atoms with E-state index in [4.69, 9.17) is 0 Å². The van der Waals surface area contributed by atoms with Crippen LogP contribution in [0.15, 0.2) is 46.9 Å². The summed E-state index contributed by atoms with van der Waals surface area (Å²) in [5.74, 6) is -0.776. The van der Waals surface area contributed by atoms with E-state index >= 15 is 0 Å². The number of hydrogen-bond donors (Lipinski definition) is 0. The van der Waals surface area contributed by atoms with Crippen molar-refractivity contribution in [3.05, 3.63) is 58.0 Å². The van der Waals surface area contributed by atoms with Gasteiger partial charge in [0, 0.05) is 20.4 Å². The number of hydrogen-bond acceptors (Lipinski definition) is 4. The number of thiophene rings is 1. The second-order valence-electron chi connectivity index (χ2n) is 5.91. The third-order valence-electron chi connectivity index (χ3n) is 4.14. The van der Waals surface area contributed by atoms with E-state index in [0.717, 1.165) is 16.2 Å².